The van der Waals surface area contributed by atoms with Crippen LogP contribution >= 0.6 is 0 Å². The summed E-state index contributed by atoms with van der Waals surface area (Å²) in [5.74, 6) is 0.289. The number of hydrogen-bond donors (Lipinski definition) is 0. The summed E-state index contributed by atoms with van der Waals surface area (Å²) in [7, 11) is 0. The minimum atomic E-state index is -0.122. The van der Waals surface area contributed by atoms with Crippen molar-refractivity contribution in [3.63, 3.8) is 0 Å². The Balaban J connectivity index is 4.50. The largest absolute Gasteiger partial charge is 0.466 e. The molecule has 0 aliphatic carbocycles. The molecule has 14 heavy (non-hydrogen) atoms. The van der Waals surface area contributed by atoms with Crippen LogP contribution in [-0.2, 0) is 9.53 Å². The van der Waals surface area contributed by atoms with Crippen LogP contribution in [0, 0.1) is 11.3 Å². The Morgan fingerprint density at radius 1 is 1.50 bits per heavy atom. The van der Waals surface area contributed by atoms with Crippen molar-refractivity contribution in [3.8, 4) is 0 Å². The molecule has 2 heteroatoms. The Hall–Kier alpha value is -0.790. The van der Waals surface area contributed by atoms with E-state index < -0.39 is 0 Å². The summed E-state index contributed by atoms with van der Waals surface area (Å²) >= 11 is 0. The molecule has 0 saturated heterocycles. The van der Waals surface area contributed by atoms with Crippen LogP contribution in [0.2, 0.25) is 0 Å². The molecule has 0 spiro atoms. The molecule has 0 aliphatic rings. The minimum absolute atomic E-state index is 0.105. The van der Waals surface area contributed by atoms with Gasteiger partial charge < -0.3 is 4.74 Å². The summed E-state index contributed by atoms with van der Waals surface area (Å²) in [6.45, 7) is 12.4. The first-order chi connectivity index (χ1) is 6.52. The molecule has 0 N–H and O–H groups in total. The van der Waals surface area contributed by atoms with Gasteiger partial charge in [0.15, 0.2) is 0 Å². The first kappa shape index (κ1) is 13.2. The summed E-state index contributed by atoms with van der Waals surface area (Å²) in [5, 5.41) is 0. The summed E-state index contributed by atoms with van der Waals surface area (Å²) in [6, 6.07) is 0. The smallest absolute Gasteiger partial charge is 0.306 e. The van der Waals surface area contributed by atoms with Gasteiger partial charge >= 0.3 is 5.97 Å². The van der Waals surface area contributed by atoms with Crippen molar-refractivity contribution in [1.82, 2.24) is 0 Å². The van der Waals surface area contributed by atoms with Gasteiger partial charge in [-0.3, -0.25) is 4.79 Å². The first-order valence-corrected chi connectivity index (χ1v) is 5.31. The van der Waals surface area contributed by atoms with Crippen molar-refractivity contribution in [2.45, 2.75) is 40.5 Å². The highest BCUT2D eigenvalue weighted by molar-refractivity contribution is 5.70. The lowest BCUT2D eigenvalue weighted by Gasteiger charge is -2.32. The summed E-state index contributed by atoms with van der Waals surface area (Å²) in [5.41, 5.74) is -0.105. The fourth-order valence-corrected chi connectivity index (χ4v) is 1.67. The zero-order chi connectivity index (χ0) is 11.2. The van der Waals surface area contributed by atoms with Gasteiger partial charge in [0, 0.05) is 5.41 Å². The molecule has 0 aromatic rings. The zero-order valence-corrected chi connectivity index (χ0v) is 9.80. The Morgan fingerprint density at radius 2 is 2.07 bits per heavy atom. The van der Waals surface area contributed by atoms with Gasteiger partial charge in [-0.15, -0.1) is 6.58 Å². The topological polar surface area (TPSA) is 26.3 Å². The number of carbonyl (C=O) groups excluding carboxylic acids is 1. The van der Waals surface area contributed by atoms with E-state index in [0.29, 0.717) is 18.9 Å². The molecule has 0 bridgehead atoms. The Bertz CT molecular complexity index is 196. The van der Waals surface area contributed by atoms with Gasteiger partial charge in [0.2, 0.25) is 0 Å². The van der Waals surface area contributed by atoms with Crippen LogP contribution < -0.4 is 0 Å². The third-order valence-corrected chi connectivity index (χ3v) is 2.99. The fourth-order valence-electron chi connectivity index (χ4n) is 1.67. The summed E-state index contributed by atoms with van der Waals surface area (Å²) in [6.07, 6.45) is 3.26. The highest BCUT2D eigenvalue weighted by atomic mass is 16.5. The van der Waals surface area contributed by atoms with Crippen molar-refractivity contribution in [2.24, 2.45) is 11.3 Å². The van der Waals surface area contributed by atoms with Gasteiger partial charge in [-0.25, -0.2) is 0 Å². The quantitative estimate of drug-likeness (QED) is 0.484. The minimum Gasteiger partial charge on any atom is -0.466 e. The second-order valence-electron chi connectivity index (χ2n) is 3.93. The number of esters is 1. The molecule has 1 unspecified atom stereocenters. The van der Waals surface area contributed by atoms with Crippen LogP contribution in [0.5, 0.6) is 0 Å². The zero-order valence-electron chi connectivity index (χ0n) is 9.80. The van der Waals surface area contributed by atoms with E-state index in [9.17, 15) is 4.79 Å². The summed E-state index contributed by atoms with van der Waals surface area (Å²) < 4.78 is 4.96. The molecule has 0 heterocycles. The molecule has 2 nitrogen and oxygen atoms in total. The Labute approximate surface area is 87.3 Å². The maximum atomic E-state index is 11.4. The van der Waals surface area contributed by atoms with Crippen LogP contribution in [0.25, 0.3) is 0 Å². The predicted molar refractivity (Wildman–Crippen MR) is 59.0 cm³/mol. The SMILES string of the molecule is C=CC(CC)(CC(=O)OCC)C(C)C. The van der Waals surface area contributed by atoms with Gasteiger partial charge in [0.1, 0.15) is 0 Å². The van der Waals surface area contributed by atoms with Crippen molar-refractivity contribution in [2.75, 3.05) is 6.61 Å². The lowest BCUT2D eigenvalue weighted by Crippen LogP contribution is -2.28. The molecule has 0 aromatic heterocycles. The number of rotatable bonds is 6. The van der Waals surface area contributed by atoms with Crippen molar-refractivity contribution < 1.29 is 9.53 Å². The standard InChI is InChI=1S/C12H22O2/c1-6-12(7-2,10(4)5)9-11(13)14-8-3/h6,10H,1,7-9H2,2-5H3. The number of carbonyl (C=O) groups is 1. The maximum absolute atomic E-state index is 11.4. The van der Waals surface area contributed by atoms with Crippen LogP contribution in [0.1, 0.15) is 40.5 Å². The van der Waals surface area contributed by atoms with Crippen molar-refractivity contribution >= 4 is 5.97 Å². The van der Waals surface area contributed by atoms with E-state index in [0.717, 1.165) is 6.42 Å². The van der Waals surface area contributed by atoms with Crippen LogP contribution in [0.3, 0.4) is 0 Å². The molecule has 0 aromatic carbocycles. The first-order valence-electron chi connectivity index (χ1n) is 5.31. The van der Waals surface area contributed by atoms with Crippen LogP contribution in [0.15, 0.2) is 12.7 Å². The monoisotopic (exact) mass is 198 g/mol. The second kappa shape index (κ2) is 5.84. The van der Waals surface area contributed by atoms with E-state index in [1.165, 1.54) is 0 Å². The number of allylic oxidation sites excluding steroid dienone is 1. The summed E-state index contributed by atoms with van der Waals surface area (Å²) in [4.78, 5) is 11.4. The number of ether oxygens (including phenoxy) is 1. The molecule has 0 radical (unpaired) electrons. The van der Waals surface area contributed by atoms with Gasteiger partial charge in [-0.05, 0) is 19.3 Å². The second-order valence-corrected chi connectivity index (χ2v) is 3.93. The van der Waals surface area contributed by atoms with Gasteiger partial charge in [-0.1, -0.05) is 26.8 Å². The Kier molecular flexibility index (Phi) is 5.51. The van der Waals surface area contributed by atoms with Crippen LogP contribution in [0.4, 0.5) is 0 Å². The van der Waals surface area contributed by atoms with E-state index in [-0.39, 0.29) is 11.4 Å². The molecule has 0 aliphatic heterocycles. The van der Waals surface area contributed by atoms with Gasteiger partial charge in [-0.2, -0.15) is 0 Å². The van der Waals surface area contributed by atoms with E-state index in [2.05, 4.69) is 27.4 Å². The fraction of sp³-hybridized carbons (Fsp3) is 0.750. The highest BCUT2D eigenvalue weighted by Gasteiger charge is 2.31. The molecule has 0 fully saturated rings. The maximum Gasteiger partial charge on any atom is 0.306 e. The van der Waals surface area contributed by atoms with E-state index in [1.807, 2.05) is 13.0 Å². The average Bonchev–Trinajstić information content (AvgIpc) is 2.14. The normalized spacial score (nSPS) is 14.9. The van der Waals surface area contributed by atoms with E-state index >= 15 is 0 Å². The predicted octanol–water partition coefficient (Wildman–Crippen LogP) is 3.18. The van der Waals surface area contributed by atoms with Gasteiger partial charge in [0.05, 0.1) is 13.0 Å². The van der Waals surface area contributed by atoms with Crippen molar-refractivity contribution in [3.05, 3.63) is 12.7 Å². The molecule has 0 saturated carbocycles. The highest BCUT2D eigenvalue weighted by Crippen LogP contribution is 2.36. The molecule has 0 rings (SSSR count). The third-order valence-electron chi connectivity index (χ3n) is 2.99. The average molecular weight is 198 g/mol. The van der Waals surface area contributed by atoms with Gasteiger partial charge in [0.25, 0.3) is 0 Å². The molecule has 1 atom stereocenters. The molecule has 82 valence electrons. The molecule has 0 amide bonds. The molecular weight excluding hydrogens is 176 g/mol. The molecular formula is C12H22O2. The Morgan fingerprint density at radius 3 is 2.36 bits per heavy atom. The lowest BCUT2D eigenvalue weighted by molar-refractivity contribution is -0.145. The van der Waals surface area contributed by atoms with Crippen LogP contribution in [-0.4, -0.2) is 12.6 Å². The number of hydrogen-bond acceptors (Lipinski definition) is 2. The van der Waals surface area contributed by atoms with E-state index in [1.54, 1.807) is 0 Å². The lowest BCUT2D eigenvalue weighted by atomic mass is 9.72. The third kappa shape index (κ3) is 3.17. The van der Waals surface area contributed by atoms with E-state index in [4.69, 9.17) is 4.74 Å². The van der Waals surface area contributed by atoms with Crippen molar-refractivity contribution in [1.29, 1.82) is 0 Å².